The topological polar surface area (TPSA) is 124 Å². The molecule has 1 unspecified atom stereocenters. The van der Waals surface area contributed by atoms with Crippen molar-refractivity contribution >= 4 is 39.9 Å². The molecule has 5 rings (SSSR count). The molecule has 1 aromatic heterocycles. The number of benzene rings is 2. The molecule has 1 amide bonds. The largest absolute Gasteiger partial charge is 0.507 e. The summed E-state index contributed by atoms with van der Waals surface area (Å²) in [5, 5.41) is 11.7. The number of Topliss-reactive ketones (excluding diaryl/α,β-unsaturated/α-hetero) is 1. The number of anilines is 1. The summed E-state index contributed by atoms with van der Waals surface area (Å²) in [6.07, 6.45) is 3.26. The summed E-state index contributed by atoms with van der Waals surface area (Å²) in [6, 6.07) is 10.8. The summed E-state index contributed by atoms with van der Waals surface area (Å²) >= 11 is 0.930. The van der Waals surface area contributed by atoms with Crippen LogP contribution in [0, 0.1) is 6.92 Å². The number of thiazole rings is 1. The summed E-state index contributed by atoms with van der Waals surface area (Å²) in [4.78, 5) is 45.7. The van der Waals surface area contributed by atoms with E-state index in [1.807, 2.05) is 0 Å². The number of aryl methyl sites for hydroxylation is 1. The number of ether oxygens (including phenoxy) is 4. The van der Waals surface area contributed by atoms with Crippen LogP contribution >= 0.6 is 11.3 Å². The van der Waals surface area contributed by atoms with Crippen molar-refractivity contribution in [3.8, 4) is 17.2 Å². The van der Waals surface area contributed by atoms with Gasteiger partial charge in [0.05, 0.1) is 23.9 Å². The average Bonchev–Trinajstić information content (AvgIpc) is 3.51. The molecule has 1 fully saturated rings. The van der Waals surface area contributed by atoms with Crippen LogP contribution in [-0.2, 0) is 14.3 Å². The lowest BCUT2D eigenvalue weighted by Gasteiger charge is -2.24. The highest BCUT2D eigenvalue weighted by Gasteiger charge is 2.48. The van der Waals surface area contributed by atoms with Gasteiger partial charge in [0.25, 0.3) is 5.78 Å². The van der Waals surface area contributed by atoms with Gasteiger partial charge in [0, 0.05) is 5.56 Å². The second-order valence-corrected chi connectivity index (χ2v) is 10.6. The summed E-state index contributed by atoms with van der Waals surface area (Å²) < 4.78 is 22.3. The molecule has 2 aliphatic rings. The van der Waals surface area contributed by atoms with E-state index in [2.05, 4.69) is 18.5 Å². The van der Waals surface area contributed by atoms with Crippen LogP contribution in [0.5, 0.6) is 17.2 Å². The summed E-state index contributed by atoms with van der Waals surface area (Å²) in [5.41, 5.74) is 1.01. The van der Waals surface area contributed by atoms with Gasteiger partial charge >= 0.3 is 11.9 Å². The standard InChI is InChI=1S/C31H30N2O8S/c1-4-6-13-38-21-9-7-8-19(16-21)25-24(26(34)20-10-11-22-23(17-20)40-15-14-39-22)27(35)29(36)33(25)31-32-18(3)28(42-31)30(37)41-12-5-2/h5,7-11,16-17,25,34H,2,4,6,12-15H2,1,3H3. The van der Waals surface area contributed by atoms with E-state index in [-0.39, 0.29) is 33.5 Å². The van der Waals surface area contributed by atoms with Crippen LogP contribution in [0.15, 0.2) is 60.7 Å². The van der Waals surface area contributed by atoms with Crippen LogP contribution in [0.25, 0.3) is 5.76 Å². The normalized spacial score (nSPS) is 17.3. The third-order valence-corrected chi connectivity index (χ3v) is 7.85. The first-order valence-electron chi connectivity index (χ1n) is 13.5. The first-order chi connectivity index (χ1) is 20.3. The van der Waals surface area contributed by atoms with Crippen LogP contribution in [-0.4, -0.2) is 54.2 Å². The summed E-state index contributed by atoms with van der Waals surface area (Å²) in [7, 11) is 0. The predicted octanol–water partition coefficient (Wildman–Crippen LogP) is 5.37. The smallest absolute Gasteiger partial charge is 0.350 e. The van der Waals surface area contributed by atoms with Gasteiger partial charge in [0.1, 0.15) is 36.2 Å². The Morgan fingerprint density at radius 1 is 1.19 bits per heavy atom. The van der Waals surface area contributed by atoms with Crippen molar-refractivity contribution in [3.05, 3.63) is 82.4 Å². The number of unbranched alkanes of at least 4 members (excludes halogenated alkanes) is 1. The van der Waals surface area contributed by atoms with Gasteiger partial charge in [-0.15, -0.1) is 0 Å². The highest BCUT2D eigenvalue weighted by Crippen LogP contribution is 2.45. The van der Waals surface area contributed by atoms with Gasteiger partial charge in [-0.05, 0) is 49.2 Å². The third kappa shape index (κ3) is 5.60. The van der Waals surface area contributed by atoms with Crippen molar-refractivity contribution in [2.24, 2.45) is 0 Å². The number of rotatable bonds is 10. The number of carbonyl (C=O) groups excluding carboxylic acids is 3. The molecule has 1 N–H and O–H groups in total. The molecule has 2 aliphatic heterocycles. The SMILES string of the molecule is C=CCOC(=O)c1sc(N2C(=O)C(=O)C(=C(O)c3ccc4c(c3)OCCO4)C2c2cccc(OCCCC)c2)nc1C. The van der Waals surface area contributed by atoms with Gasteiger partial charge in [0.2, 0.25) is 0 Å². The number of ketones is 1. The maximum Gasteiger partial charge on any atom is 0.350 e. The molecule has 0 saturated carbocycles. The van der Waals surface area contributed by atoms with Gasteiger partial charge in [-0.2, -0.15) is 0 Å². The zero-order valence-corrected chi connectivity index (χ0v) is 24.1. The second-order valence-electron chi connectivity index (χ2n) is 9.60. The van der Waals surface area contributed by atoms with Crippen LogP contribution in [0.2, 0.25) is 0 Å². The van der Waals surface area contributed by atoms with E-state index in [0.717, 1.165) is 24.2 Å². The monoisotopic (exact) mass is 590 g/mol. The Balaban J connectivity index is 1.63. The van der Waals surface area contributed by atoms with Gasteiger partial charge in [0.15, 0.2) is 16.6 Å². The van der Waals surface area contributed by atoms with Crippen molar-refractivity contribution in [2.75, 3.05) is 31.3 Å². The lowest BCUT2D eigenvalue weighted by Crippen LogP contribution is -2.29. The van der Waals surface area contributed by atoms with E-state index in [1.54, 1.807) is 49.4 Å². The zero-order valence-electron chi connectivity index (χ0n) is 23.3. The number of aliphatic hydroxyl groups excluding tert-OH is 1. The number of fused-ring (bicyclic) bond motifs is 1. The van der Waals surface area contributed by atoms with Crippen molar-refractivity contribution in [1.29, 1.82) is 0 Å². The fourth-order valence-corrected chi connectivity index (χ4v) is 5.66. The first kappa shape index (κ1) is 28.9. The molecule has 2 aromatic carbocycles. The lowest BCUT2D eigenvalue weighted by molar-refractivity contribution is -0.132. The molecule has 218 valence electrons. The number of hydrogen-bond donors (Lipinski definition) is 1. The molecule has 0 aliphatic carbocycles. The van der Waals surface area contributed by atoms with Crippen LogP contribution in [0.1, 0.15) is 52.3 Å². The first-order valence-corrected chi connectivity index (χ1v) is 14.3. The Labute approximate surface area is 246 Å². The molecule has 42 heavy (non-hydrogen) atoms. The fraction of sp³-hybridized carbons (Fsp3) is 0.290. The van der Waals surface area contributed by atoms with Crippen molar-refractivity contribution in [1.82, 2.24) is 4.98 Å². The van der Waals surface area contributed by atoms with E-state index in [9.17, 15) is 19.5 Å². The quantitative estimate of drug-likeness (QED) is 0.0829. The van der Waals surface area contributed by atoms with E-state index in [1.165, 1.54) is 11.0 Å². The minimum atomic E-state index is -1.06. The van der Waals surface area contributed by atoms with Gasteiger partial charge in [-0.3, -0.25) is 14.5 Å². The number of hydrogen-bond acceptors (Lipinski definition) is 10. The Hall–Kier alpha value is -4.64. The van der Waals surface area contributed by atoms with E-state index in [0.29, 0.717) is 48.3 Å². The van der Waals surface area contributed by atoms with Crippen LogP contribution < -0.4 is 19.1 Å². The number of amides is 1. The van der Waals surface area contributed by atoms with Gasteiger partial charge < -0.3 is 24.1 Å². The molecular weight excluding hydrogens is 560 g/mol. The Kier molecular flexibility index (Phi) is 8.58. The number of nitrogens with zero attached hydrogens (tertiary/aromatic N) is 2. The molecule has 0 spiro atoms. The molecule has 10 nitrogen and oxygen atoms in total. The van der Waals surface area contributed by atoms with E-state index >= 15 is 0 Å². The molecule has 11 heteroatoms. The van der Waals surface area contributed by atoms with Crippen molar-refractivity contribution < 1.29 is 38.4 Å². The molecule has 0 radical (unpaired) electrons. The van der Waals surface area contributed by atoms with Gasteiger partial charge in [-0.25, -0.2) is 9.78 Å². The van der Waals surface area contributed by atoms with Crippen molar-refractivity contribution in [3.63, 3.8) is 0 Å². The Bertz CT molecular complexity index is 1580. The van der Waals surface area contributed by atoms with E-state index < -0.39 is 23.7 Å². The molecule has 0 bridgehead atoms. The zero-order chi connectivity index (χ0) is 29.8. The highest BCUT2D eigenvalue weighted by molar-refractivity contribution is 7.17. The molecule has 3 heterocycles. The molecule has 1 atom stereocenters. The molecular formula is C31H30N2O8S. The summed E-state index contributed by atoms with van der Waals surface area (Å²) in [6.45, 7) is 8.48. The maximum absolute atomic E-state index is 13.6. The lowest BCUT2D eigenvalue weighted by atomic mass is 9.95. The van der Waals surface area contributed by atoms with Crippen molar-refractivity contribution in [2.45, 2.75) is 32.7 Å². The molecule has 3 aromatic rings. The number of aromatic nitrogens is 1. The Morgan fingerprint density at radius 3 is 2.74 bits per heavy atom. The summed E-state index contributed by atoms with van der Waals surface area (Å²) in [5.74, 6) is -1.30. The average molecular weight is 591 g/mol. The number of esters is 1. The Morgan fingerprint density at radius 2 is 1.98 bits per heavy atom. The minimum Gasteiger partial charge on any atom is -0.507 e. The fourth-order valence-electron chi connectivity index (χ4n) is 4.67. The highest BCUT2D eigenvalue weighted by atomic mass is 32.1. The predicted molar refractivity (Wildman–Crippen MR) is 156 cm³/mol. The second kappa shape index (κ2) is 12.5. The molecule has 1 saturated heterocycles. The number of carbonyl (C=O) groups is 3. The van der Waals surface area contributed by atoms with Gasteiger partial charge in [-0.1, -0.05) is 49.5 Å². The van der Waals surface area contributed by atoms with Crippen LogP contribution in [0.4, 0.5) is 5.13 Å². The third-order valence-electron chi connectivity index (χ3n) is 6.71. The number of aliphatic hydroxyl groups is 1. The maximum atomic E-state index is 13.6. The minimum absolute atomic E-state index is 0.0103. The van der Waals surface area contributed by atoms with E-state index in [4.69, 9.17) is 18.9 Å². The van der Waals surface area contributed by atoms with Crippen LogP contribution in [0.3, 0.4) is 0 Å².